The third kappa shape index (κ3) is 2.95. The van der Waals surface area contributed by atoms with E-state index in [9.17, 15) is 19.6 Å². The van der Waals surface area contributed by atoms with Crippen molar-refractivity contribution in [3.05, 3.63) is 76.3 Å². The molecule has 1 unspecified atom stereocenters. The van der Waals surface area contributed by atoms with Gasteiger partial charge in [-0.25, -0.2) is 0 Å². The predicted octanol–water partition coefficient (Wildman–Crippen LogP) is 3.34. The molecular formula is C19H11ClN2O3. The maximum absolute atomic E-state index is 12.7. The van der Waals surface area contributed by atoms with Gasteiger partial charge in [0.15, 0.2) is 11.7 Å². The van der Waals surface area contributed by atoms with Gasteiger partial charge in [-0.1, -0.05) is 54.1 Å². The number of para-hydroxylation sites is 1. The highest BCUT2D eigenvalue weighted by Crippen LogP contribution is 2.32. The predicted molar refractivity (Wildman–Crippen MR) is 92.2 cm³/mol. The van der Waals surface area contributed by atoms with Crippen LogP contribution in [0.4, 0.5) is 5.69 Å². The third-order valence-corrected chi connectivity index (χ3v) is 4.19. The van der Waals surface area contributed by atoms with E-state index >= 15 is 0 Å². The van der Waals surface area contributed by atoms with Crippen molar-refractivity contribution >= 4 is 34.8 Å². The number of nitrogens with zero attached hydrogens (tertiary/aromatic N) is 1. The van der Waals surface area contributed by atoms with Gasteiger partial charge in [-0.05, 0) is 12.1 Å². The fourth-order valence-corrected chi connectivity index (χ4v) is 2.91. The first kappa shape index (κ1) is 16.6. The first-order valence-electron chi connectivity index (χ1n) is 7.38. The zero-order valence-electron chi connectivity index (χ0n) is 12.8. The molecule has 1 aliphatic carbocycles. The molecule has 0 aromatic heterocycles. The molecule has 0 aliphatic heterocycles. The van der Waals surface area contributed by atoms with E-state index in [-0.39, 0.29) is 16.7 Å². The largest absolute Gasteiger partial charge is 0.325 e. The molecule has 0 saturated heterocycles. The summed E-state index contributed by atoms with van der Waals surface area (Å²) in [5.74, 6) is -3.37. The Hall–Kier alpha value is -3.23. The Kier molecular flexibility index (Phi) is 4.46. The second kappa shape index (κ2) is 6.71. The van der Waals surface area contributed by atoms with E-state index in [2.05, 4.69) is 5.32 Å². The summed E-state index contributed by atoms with van der Waals surface area (Å²) in [5.41, 5.74) is 0.488. The van der Waals surface area contributed by atoms with Crippen molar-refractivity contribution in [1.29, 1.82) is 5.26 Å². The van der Waals surface area contributed by atoms with E-state index in [1.165, 1.54) is 12.1 Å². The van der Waals surface area contributed by atoms with Gasteiger partial charge in [-0.3, -0.25) is 14.4 Å². The molecule has 1 N–H and O–H groups in total. The van der Waals surface area contributed by atoms with Crippen molar-refractivity contribution in [2.75, 3.05) is 5.32 Å². The van der Waals surface area contributed by atoms with Crippen LogP contribution in [-0.4, -0.2) is 17.5 Å². The molecule has 6 heteroatoms. The number of nitrogens with one attached hydrogen (secondary N) is 1. The summed E-state index contributed by atoms with van der Waals surface area (Å²) in [6.45, 7) is 0. The highest BCUT2D eigenvalue weighted by Gasteiger charge is 2.38. The van der Waals surface area contributed by atoms with Gasteiger partial charge >= 0.3 is 0 Å². The number of benzene rings is 2. The van der Waals surface area contributed by atoms with Crippen molar-refractivity contribution in [1.82, 2.24) is 0 Å². The Morgan fingerprint density at radius 3 is 2.12 bits per heavy atom. The Balaban J connectivity index is 2.00. The summed E-state index contributed by atoms with van der Waals surface area (Å²) in [7, 11) is 0. The van der Waals surface area contributed by atoms with Crippen LogP contribution in [0, 0.1) is 17.2 Å². The Bertz CT molecular complexity index is 958. The highest BCUT2D eigenvalue weighted by atomic mass is 35.5. The number of hydrogen-bond acceptors (Lipinski definition) is 4. The maximum Gasteiger partial charge on any atom is 0.246 e. The summed E-state index contributed by atoms with van der Waals surface area (Å²) in [5, 5.41) is 11.6. The van der Waals surface area contributed by atoms with Crippen LogP contribution in [0.1, 0.15) is 20.7 Å². The van der Waals surface area contributed by atoms with Gasteiger partial charge in [0.1, 0.15) is 0 Å². The van der Waals surface area contributed by atoms with Gasteiger partial charge in [0, 0.05) is 22.4 Å². The summed E-state index contributed by atoms with van der Waals surface area (Å²) < 4.78 is 0. The van der Waals surface area contributed by atoms with Gasteiger partial charge in [0.05, 0.1) is 11.1 Å². The van der Waals surface area contributed by atoms with Crippen LogP contribution >= 0.6 is 11.6 Å². The number of hydrogen-bond donors (Lipinski definition) is 1. The fourth-order valence-electron chi connectivity index (χ4n) is 2.61. The summed E-state index contributed by atoms with van der Waals surface area (Å²) in [6.07, 6.45) is 0. The topological polar surface area (TPSA) is 87.0 Å². The number of halogens is 1. The van der Waals surface area contributed by atoms with Crippen molar-refractivity contribution in [3.8, 4) is 6.07 Å². The Morgan fingerprint density at radius 1 is 0.960 bits per heavy atom. The Morgan fingerprint density at radius 2 is 1.52 bits per heavy atom. The molecule has 0 saturated carbocycles. The Labute approximate surface area is 148 Å². The van der Waals surface area contributed by atoms with Gasteiger partial charge in [0.2, 0.25) is 11.7 Å². The minimum absolute atomic E-state index is 0.139. The minimum atomic E-state index is -1.49. The molecule has 0 bridgehead atoms. The molecule has 0 spiro atoms. The molecule has 1 aliphatic rings. The van der Waals surface area contributed by atoms with E-state index < -0.39 is 28.4 Å². The van der Waals surface area contributed by atoms with Crippen LogP contribution in [0.5, 0.6) is 0 Å². The minimum Gasteiger partial charge on any atom is -0.325 e. The van der Waals surface area contributed by atoms with Crippen LogP contribution in [0.3, 0.4) is 0 Å². The van der Waals surface area contributed by atoms with Crippen LogP contribution in [0.15, 0.2) is 65.2 Å². The lowest BCUT2D eigenvalue weighted by Gasteiger charge is -2.20. The average molecular weight is 351 g/mol. The fraction of sp³-hybridized carbons (Fsp3) is 0.0526. The second-order valence-electron chi connectivity index (χ2n) is 5.35. The average Bonchev–Trinajstić information content (AvgIpc) is 2.64. The van der Waals surface area contributed by atoms with Gasteiger partial charge in [-0.2, -0.15) is 5.26 Å². The molecule has 0 radical (unpaired) electrons. The van der Waals surface area contributed by atoms with Gasteiger partial charge < -0.3 is 5.32 Å². The van der Waals surface area contributed by atoms with Crippen LogP contribution in [-0.2, 0) is 4.79 Å². The third-order valence-electron chi connectivity index (χ3n) is 3.82. The molecule has 5 nitrogen and oxygen atoms in total. The number of ketones is 2. The molecule has 3 rings (SSSR count). The summed E-state index contributed by atoms with van der Waals surface area (Å²) in [6, 6.07) is 16.5. The quantitative estimate of drug-likeness (QED) is 0.919. The SMILES string of the molecule is N#CC(C(=O)Nc1ccccc1)C1=C(Cl)C(=O)c2ccccc2C1=O. The number of anilines is 1. The monoisotopic (exact) mass is 350 g/mol. The second-order valence-corrected chi connectivity index (χ2v) is 5.73. The molecule has 2 aromatic carbocycles. The van der Waals surface area contributed by atoms with Gasteiger partial charge in [0.25, 0.3) is 0 Å². The van der Waals surface area contributed by atoms with Gasteiger partial charge in [-0.15, -0.1) is 0 Å². The van der Waals surface area contributed by atoms with E-state index in [1.54, 1.807) is 48.5 Å². The normalized spacial score (nSPS) is 14.6. The van der Waals surface area contributed by atoms with E-state index in [0.717, 1.165) is 0 Å². The standard InChI is InChI=1S/C19H11ClN2O3/c20-16-15(17(23)12-8-4-5-9-13(12)18(16)24)14(10-21)19(25)22-11-6-2-1-3-7-11/h1-9,14H,(H,22,25). The van der Waals surface area contributed by atoms with Crippen molar-refractivity contribution in [2.45, 2.75) is 0 Å². The molecular weight excluding hydrogens is 340 g/mol. The number of amides is 1. The number of Topliss-reactive ketones (excluding diaryl/α,β-unsaturated/α-hetero) is 2. The molecule has 122 valence electrons. The van der Waals surface area contributed by atoms with Crippen LogP contribution in [0.25, 0.3) is 0 Å². The lowest BCUT2D eigenvalue weighted by molar-refractivity contribution is -0.117. The number of nitriles is 1. The maximum atomic E-state index is 12.7. The highest BCUT2D eigenvalue weighted by molar-refractivity contribution is 6.50. The summed E-state index contributed by atoms with van der Waals surface area (Å²) >= 11 is 6.05. The number of allylic oxidation sites excluding steroid dienone is 1. The summed E-state index contributed by atoms with van der Waals surface area (Å²) in [4.78, 5) is 37.6. The van der Waals surface area contributed by atoms with Crippen LogP contribution < -0.4 is 5.32 Å². The lowest BCUT2D eigenvalue weighted by atomic mass is 9.83. The van der Waals surface area contributed by atoms with Crippen molar-refractivity contribution in [2.24, 2.45) is 5.92 Å². The van der Waals surface area contributed by atoms with Crippen molar-refractivity contribution in [3.63, 3.8) is 0 Å². The number of fused-ring (bicyclic) bond motifs is 1. The smallest absolute Gasteiger partial charge is 0.246 e. The molecule has 1 amide bonds. The zero-order chi connectivity index (χ0) is 18.0. The number of carbonyl (C=O) groups excluding carboxylic acids is 3. The molecule has 0 heterocycles. The molecule has 0 fully saturated rings. The molecule has 1 atom stereocenters. The lowest BCUT2D eigenvalue weighted by Crippen LogP contribution is -2.31. The van der Waals surface area contributed by atoms with Crippen LogP contribution in [0.2, 0.25) is 0 Å². The number of carbonyl (C=O) groups is 3. The van der Waals surface area contributed by atoms with E-state index in [4.69, 9.17) is 11.6 Å². The first-order chi connectivity index (χ1) is 12.0. The number of rotatable bonds is 3. The zero-order valence-corrected chi connectivity index (χ0v) is 13.6. The van der Waals surface area contributed by atoms with E-state index in [1.807, 2.05) is 0 Å². The van der Waals surface area contributed by atoms with E-state index in [0.29, 0.717) is 5.69 Å². The molecule has 25 heavy (non-hydrogen) atoms. The first-order valence-corrected chi connectivity index (χ1v) is 7.76. The van der Waals surface area contributed by atoms with Crippen molar-refractivity contribution < 1.29 is 14.4 Å². The molecule has 2 aromatic rings.